The van der Waals surface area contributed by atoms with E-state index in [4.69, 9.17) is 14.5 Å². The van der Waals surface area contributed by atoms with Gasteiger partial charge >= 0.3 is 12.1 Å². The number of amides is 1. The van der Waals surface area contributed by atoms with Crippen molar-refractivity contribution < 1.29 is 19.1 Å². The second-order valence-corrected chi connectivity index (χ2v) is 11.6. The van der Waals surface area contributed by atoms with Crippen molar-refractivity contribution in [2.24, 2.45) is 4.99 Å². The Morgan fingerprint density at radius 3 is 1.66 bits per heavy atom. The van der Waals surface area contributed by atoms with E-state index < -0.39 is 35.3 Å². The number of alkyl carbamates (subject to hydrolysis) is 1. The third-order valence-electron chi connectivity index (χ3n) is 6.00. The van der Waals surface area contributed by atoms with Gasteiger partial charge in [-0.3, -0.25) is 4.99 Å². The largest absolute Gasteiger partial charge is 0.458 e. The number of benzene rings is 3. The van der Waals surface area contributed by atoms with Crippen LogP contribution in [0.5, 0.6) is 0 Å². The number of nitrogens with zero attached hydrogens (tertiary/aromatic N) is 1. The molecule has 1 aliphatic carbocycles. The Kier molecular flexibility index (Phi) is 7.45. The normalized spacial score (nSPS) is 14.1. The number of carbonyl (C=O) groups excluding carboxylic acids is 2. The Balaban J connectivity index is 1.88. The summed E-state index contributed by atoms with van der Waals surface area (Å²) in [6, 6.07) is 21.8. The highest BCUT2D eigenvalue weighted by molar-refractivity contribution is 6.24. The quantitative estimate of drug-likeness (QED) is 0.299. The fourth-order valence-corrected chi connectivity index (χ4v) is 4.45. The minimum absolute atomic E-state index is 0.534. The highest BCUT2D eigenvalue weighted by Gasteiger charge is 2.37. The molecule has 1 aliphatic rings. The number of esters is 1. The highest BCUT2D eigenvalue weighted by atomic mass is 16.6. The first-order valence-electron chi connectivity index (χ1n) is 12.9. The van der Waals surface area contributed by atoms with E-state index in [0.717, 1.165) is 33.4 Å². The molecule has 3 aromatic rings. The first kappa shape index (κ1) is 27.1. The van der Waals surface area contributed by atoms with Crippen LogP contribution in [0.4, 0.5) is 4.79 Å². The minimum Gasteiger partial charge on any atom is -0.458 e. The lowest BCUT2D eigenvalue weighted by Gasteiger charge is -2.29. The Hall–Kier alpha value is -3.93. The predicted octanol–water partition coefficient (Wildman–Crippen LogP) is 6.79. The Morgan fingerprint density at radius 2 is 1.18 bits per heavy atom. The topological polar surface area (TPSA) is 77.0 Å². The second-order valence-electron chi connectivity index (χ2n) is 11.6. The molecule has 0 radical (unpaired) electrons. The van der Waals surface area contributed by atoms with Crippen molar-refractivity contribution in [2.75, 3.05) is 0 Å². The molecule has 4 rings (SSSR count). The van der Waals surface area contributed by atoms with E-state index in [9.17, 15) is 9.59 Å². The average molecular weight is 513 g/mol. The lowest BCUT2D eigenvalue weighted by Crippen LogP contribution is -2.44. The zero-order valence-corrected chi connectivity index (χ0v) is 23.2. The number of rotatable bonds is 5. The molecular weight excluding hydrogens is 476 g/mol. The monoisotopic (exact) mass is 512 g/mol. The van der Waals surface area contributed by atoms with Crippen molar-refractivity contribution in [1.82, 2.24) is 5.32 Å². The van der Waals surface area contributed by atoms with Gasteiger partial charge in [-0.1, -0.05) is 78.4 Å². The fourth-order valence-electron chi connectivity index (χ4n) is 4.45. The van der Waals surface area contributed by atoms with Gasteiger partial charge in [-0.05, 0) is 65.2 Å². The first-order valence-corrected chi connectivity index (χ1v) is 12.9. The number of hydrogen-bond donors (Lipinski definition) is 1. The smallest absolute Gasteiger partial charge is 0.408 e. The molecule has 1 amide bonds. The molecule has 6 heteroatoms. The molecule has 198 valence electrons. The number of nitrogens with one attached hydrogen (secondary N) is 1. The van der Waals surface area contributed by atoms with Gasteiger partial charge in [-0.15, -0.1) is 0 Å². The van der Waals surface area contributed by atoms with Crippen LogP contribution in [0.1, 0.15) is 69.8 Å². The Morgan fingerprint density at radius 1 is 0.711 bits per heavy atom. The molecule has 0 aromatic heterocycles. The van der Waals surface area contributed by atoms with Gasteiger partial charge in [0.2, 0.25) is 0 Å². The van der Waals surface area contributed by atoms with Gasteiger partial charge in [0.1, 0.15) is 11.2 Å². The minimum atomic E-state index is -1.07. The number of ether oxygens (including phenoxy) is 2. The molecule has 1 N–H and O–H groups in total. The summed E-state index contributed by atoms with van der Waals surface area (Å²) in [7, 11) is 0. The maximum Gasteiger partial charge on any atom is 0.408 e. The van der Waals surface area contributed by atoms with Crippen LogP contribution in [0.25, 0.3) is 11.1 Å². The van der Waals surface area contributed by atoms with E-state index in [1.807, 2.05) is 88.4 Å². The van der Waals surface area contributed by atoms with Crippen LogP contribution >= 0.6 is 0 Å². The SMILES string of the molecule is Cc1ccc(C(NC(=O)OC(C)(C)C)C(N=C2c3ccccc3-c3ccccc32)C(=O)OC(C)(C)C)cc1. The number of hydrogen-bond acceptors (Lipinski definition) is 5. The van der Waals surface area contributed by atoms with E-state index in [1.54, 1.807) is 20.8 Å². The summed E-state index contributed by atoms with van der Waals surface area (Å²) in [5.41, 5.74) is 4.99. The second kappa shape index (κ2) is 10.4. The van der Waals surface area contributed by atoms with Crippen LogP contribution in [-0.4, -0.2) is 35.0 Å². The van der Waals surface area contributed by atoms with Crippen molar-refractivity contribution in [2.45, 2.75) is 71.8 Å². The van der Waals surface area contributed by atoms with Crippen LogP contribution < -0.4 is 5.32 Å². The number of aliphatic imine (C=N–C) groups is 1. The lowest BCUT2D eigenvalue weighted by molar-refractivity contribution is -0.157. The van der Waals surface area contributed by atoms with Gasteiger partial charge in [-0.25, -0.2) is 9.59 Å². The van der Waals surface area contributed by atoms with Gasteiger partial charge in [0, 0.05) is 11.1 Å². The first-order chi connectivity index (χ1) is 17.8. The van der Waals surface area contributed by atoms with E-state index >= 15 is 0 Å². The van der Waals surface area contributed by atoms with Crippen molar-refractivity contribution in [3.05, 3.63) is 95.1 Å². The molecule has 0 bridgehead atoms. The third-order valence-corrected chi connectivity index (χ3v) is 6.00. The van der Waals surface area contributed by atoms with E-state index in [1.165, 1.54) is 0 Å². The Bertz CT molecular complexity index is 1310. The average Bonchev–Trinajstić information content (AvgIpc) is 3.13. The van der Waals surface area contributed by atoms with Crippen molar-refractivity contribution in [3.63, 3.8) is 0 Å². The summed E-state index contributed by atoms with van der Waals surface area (Å²) < 4.78 is 11.4. The Labute approximate surface area is 225 Å². The van der Waals surface area contributed by atoms with Crippen LogP contribution in [0.3, 0.4) is 0 Å². The molecule has 0 aliphatic heterocycles. The van der Waals surface area contributed by atoms with E-state index in [2.05, 4.69) is 17.4 Å². The molecule has 6 nitrogen and oxygen atoms in total. The van der Waals surface area contributed by atoms with E-state index in [-0.39, 0.29) is 0 Å². The molecule has 0 heterocycles. The summed E-state index contributed by atoms with van der Waals surface area (Å²) in [6.07, 6.45) is -0.635. The van der Waals surface area contributed by atoms with Gasteiger partial charge in [0.25, 0.3) is 0 Å². The maximum absolute atomic E-state index is 13.8. The summed E-state index contributed by atoms with van der Waals surface area (Å²) in [5, 5.41) is 2.93. The lowest BCUT2D eigenvalue weighted by atomic mass is 9.97. The molecule has 0 saturated heterocycles. The van der Waals surface area contributed by atoms with Crippen LogP contribution in [0.15, 0.2) is 77.8 Å². The molecule has 0 saturated carbocycles. The molecule has 3 aromatic carbocycles. The fraction of sp³-hybridized carbons (Fsp3) is 0.344. The summed E-state index contributed by atoms with van der Waals surface area (Å²) in [6.45, 7) is 12.8. The molecular formula is C32H36N2O4. The van der Waals surface area contributed by atoms with Gasteiger partial charge in [0.15, 0.2) is 6.04 Å². The van der Waals surface area contributed by atoms with Crippen LogP contribution in [-0.2, 0) is 14.3 Å². The summed E-state index contributed by atoms with van der Waals surface area (Å²) >= 11 is 0. The van der Waals surface area contributed by atoms with E-state index in [0.29, 0.717) is 5.71 Å². The maximum atomic E-state index is 13.8. The number of fused-ring (bicyclic) bond motifs is 3. The summed E-state index contributed by atoms with van der Waals surface area (Å²) in [4.78, 5) is 31.9. The zero-order chi connectivity index (χ0) is 27.7. The van der Waals surface area contributed by atoms with Gasteiger partial charge < -0.3 is 14.8 Å². The zero-order valence-electron chi connectivity index (χ0n) is 23.2. The third kappa shape index (κ3) is 6.31. The van der Waals surface area contributed by atoms with Crippen molar-refractivity contribution in [3.8, 4) is 11.1 Å². The van der Waals surface area contributed by atoms with Crippen LogP contribution in [0, 0.1) is 6.92 Å². The van der Waals surface area contributed by atoms with Crippen molar-refractivity contribution in [1.29, 1.82) is 0 Å². The number of carbonyl (C=O) groups is 2. The van der Waals surface area contributed by atoms with Crippen LogP contribution in [0.2, 0.25) is 0 Å². The van der Waals surface area contributed by atoms with Crippen molar-refractivity contribution >= 4 is 17.8 Å². The van der Waals surface area contributed by atoms with Gasteiger partial charge in [-0.2, -0.15) is 0 Å². The highest BCUT2D eigenvalue weighted by Crippen LogP contribution is 2.38. The van der Waals surface area contributed by atoms with Gasteiger partial charge in [0.05, 0.1) is 11.8 Å². The molecule has 38 heavy (non-hydrogen) atoms. The molecule has 2 atom stereocenters. The summed E-state index contributed by atoms with van der Waals surface area (Å²) in [5.74, 6) is -0.534. The molecule has 0 spiro atoms. The molecule has 2 unspecified atom stereocenters. The number of aryl methyl sites for hydroxylation is 1. The predicted molar refractivity (Wildman–Crippen MR) is 150 cm³/mol. The molecule has 0 fully saturated rings. The standard InChI is InChI=1S/C32H36N2O4/c1-20-16-18-21(19-17-20)26(34-30(36)38-32(5,6)7)28(29(35)37-31(2,3)4)33-27-24-14-10-8-12-22(24)23-13-9-11-15-25(23)27/h8-19,26,28H,1-7H3,(H,34,36).